The van der Waals surface area contributed by atoms with Crippen molar-refractivity contribution >= 4 is 23.4 Å². The number of carbonyl (C=O) groups is 2. The molecule has 1 aliphatic carbocycles. The van der Waals surface area contributed by atoms with Crippen LogP contribution in [0, 0.1) is 11.6 Å². The first-order valence-electron chi connectivity index (χ1n) is 14.1. The van der Waals surface area contributed by atoms with Gasteiger partial charge in [0.1, 0.15) is 11.0 Å². The predicted molar refractivity (Wildman–Crippen MR) is 155 cm³/mol. The number of halogens is 5. The van der Waals surface area contributed by atoms with Gasteiger partial charge in [-0.15, -0.1) is 11.3 Å². The second-order valence-corrected chi connectivity index (χ2v) is 11.7. The highest BCUT2D eigenvalue weighted by Gasteiger charge is 2.47. The van der Waals surface area contributed by atoms with E-state index >= 15 is 4.39 Å². The molecule has 0 N–H and O–H groups in total. The molecule has 244 valence electrons. The minimum Gasteiger partial charge on any atom is -0.451 e. The van der Waals surface area contributed by atoms with E-state index in [1.54, 1.807) is 29.3 Å². The number of pyridine rings is 1. The van der Waals surface area contributed by atoms with Crippen LogP contribution in [0.4, 0.5) is 26.7 Å². The Bertz CT molecular complexity index is 1990. The first kappa shape index (κ1) is 30.7. The number of ether oxygens (including phenoxy) is 4. The van der Waals surface area contributed by atoms with Gasteiger partial charge in [-0.2, -0.15) is 13.2 Å². The zero-order valence-electron chi connectivity index (χ0n) is 24.2. The topological polar surface area (TPSA) is 99.5 Å². The molecule has 0 unspecified atom stereocenters. The molecule has 2 aliphatic heterocycles. The monoisotopic (exact) mass is 675 g/mol. The molecule has 2 atom stereocenters. The van der Waals surface area contributed by atoms with Crippen LogP contribution in [0.25, 0.3) is 21.6 Å². The molecule has 1 amide bonds. The lowest BCUT2D eigenvalue weighted by Gasteiger charge is -2.51. The summed E-state index contributed by atoms with van der Waals surface area (Å²) in [5.41, 5.74) is -0.658. The lowest BCUT2D eigenvalue weighted by Crippen LogP contribution is -2.66. The van der Waals surface area contributed by atoms with Crippen molar-refractivity contribution < 1.29 is 50.5 Å². The lowest BCUT2D eigenvalue weighted by atomic mass is 9.91. The van der Waals surface area contributed by atoms with Crippen molar-refractivity contribution in [1.29, 1.82) is 0 Å². The van der Waals surface area contributed by atoms with Gasteiger partial charge < -0.3 is 23.8 Å². The van der Waals surface area contributed by atoms with Crippen molar-refractivity contribution in [2.24, 2.45) is 0 Å². The van der Waals surface area contributed by atoms with Crippen LogP contribution in [0.5, 0.6) is 5.75 Å². The third-order valence-electron chi connectivity index (χ3n) is 8.17. The number of morpholine rings is 1. The van der Waals surface area contributed by atoms with E-state index in [9.17, 15) is 31.9 Å². The number of benzene rings is 2. The molecule has 10 nitrogen and oxygen atoms in total. The molecule has 47 heavy (non-hydrogen) atoms. The summed E-state index contributed by atoms with van der Waals surface area (Å²) < 4.78 is 94.7. The van der Waals surface area contributed by atoms with Crippen LogP contribution in [0.3, 0.4) is 0 Å². The third-order valence-corrected chi connectivity index (χ3v) is 9.38. The van der Waals surface area contributed by atoms with Gasteiger partial charge in [-0.05, 0) is 28.8 Å². The summed E-state index contributed by atoms with van der Waals surface area (Å²) in [7, 11) is 1.07. The van der Waals surface area contributed by atoms with E-state index < -0.39 is 64.9 Å². The number of amides is 1. The number of hydrogen-bond donors (Lipinski definition) is 0. The van der Waals surface area contributed by atoms with Gasteiger partial charge in [-0.1, -0.05) is 30.3 Å². The number of fused-ring (bicyclic) bond motifs is 7. The van der Waals surface area contributed by atoms with E-state index in [0.717, 1.165) is 25.3 Å². The third kappa shape index (κ3) is 4.90. The number of methoxy groups -OCH3 is 1. The maximum Gasteiger partial charge on any atom is 0.510 e. The van der Waals surface area contributed by atoms with Crippen molar-refractivity contribution in [1.82, 2.24) is 9.58 Å². The van der Waals surface area contributed by atoms with Crippen LogP contribution < -0.4 is 15.2 Å². The van der Waals surface area contributed by atoms with Gasteiger partial charge >= 0.3 is 12.3 Å². The van der Waals surface area contributed by atoms with E-state index in [1.807, 2.05) is 0 Å². The smallest absolute Gasteiger partial charge is 0.451 e. The van der Waals surface area contributed by atoms with Crippen molar-refractivity contribution in [3.05, 3.63) is 98.3 Å². The standard InChI is InChI=1S/C31H22F5N3O7S/c1-43-30(42)46-14-45-27-20(40)8-9-38-26(27)29(41)37-10-11-44-13-22(37)39(38)25-15-4-2-3-5-16(15)28-18(12-21(47-28)31(34,35)36)23-17(25)6-7-19(32)24(23)33/h2-9,12,22,25H,10-11,13-14H2,1H3/t22-,25-/m1/s1. The average Bonchev–Trinajstić information content (AvgIpc) is 3.47. The summed E-state index contributed by atoms with van der Waals surface area (Å²) in [6.07, 6.45) is -5.43. The van der Waals surface area contributed by atoms with E-state index in [4.69, 9.17) is 14.2 Å². The Morgan fingerprint density at radius 2 is 1.85 bits per heavy atom. The van der Waals surface area contributed by atoms with Crippen LogP contribution in [0.2, 0.25) is 0 Å². The second kappa shape index (κ2) is 11.4. The summed E-state index contributed by atoms with van der Waals surface area (Å²) in [5, 5.41) is 1.62. The molecule has 0 saturated carbocycles. The van der Waals surface area contributed by atoms with Crippen LogP contribution in [0.1, 0.15) is 32.5 Å². The van der Waals surface area contributed by atoms with Crippen molar-refractivity contribution in [2.45, 2.75) is 18.4 Å². The number of nitrogens with zero attached hydrogens (tertiary/aromatic N) is 3. The fourth-order valence-electron chi connectivity index (χ4n) is 6.23. The molecular formula is C31H22F5N3O7S. The van der Waals surface area contributed by atoms with Gasteiger partial charge in [0.15, 0.2) is 17.3 Å². The Kier molecular flexibility index (Phi) is 7.43. The molecule has 2 aromatic heterocycles. The molecule has 1 fully saturated rings. The molecule has 0 radical (unpaired) electrons. The highest BCUT2D eigenvalue weighted by atomic mass is 32.1. The van der Waals surface area contributed by atoms with Crippen LogP contribution in [0.15, 0.2) is 59.5 Å². The van der Waals surface area contributed by atoms with Gasteiger partial charge in [0, 0.05) is 34.8 Å². The van der Waals surface area contributed by atoms with Crippen molar-refractivity contribution in [3.8, 4) is 27.3 Å². The SMILES string of the molecule is COC(=O)OCOc1c2n(ccc1=O)N([C@@H]1c3ccccc3-c3sc(C(F)(F)F)cc3-c3c1ccc(F)c3F)[C@@H]1COCCN1C2=O. The van der Waals surface area contributed by atoms with E-state index in [-0.39, 0.29) is 47.0 Å². The zero-order chi connectivity index (χ0) is 33.2. The number of thiophene rings is 1. The van der Waals surface area contributed by atoms with Crippen LogP contribution >= 0.6 is 11.3 Å². The first-order valence-corrected chi connectivity index (χ1v) is 14.9. The quantitative estimate of drug-likeness (QED) is 0.159. The Morgan fingerprint density at radius 3 is 2.62 bits per heavy atom. The predicted octanol–water partition coefficient (Wildman–Crippen LogP) is 5.51. The van der Waals surface area contributed by atoms with Crippen molar-refractivity contribution in [2.75, 3.05) is 38.7 Å². The molecule has 16 heteroatoms. The molecule has 0 spiro atoms. The lowest BCUT2D eigenvalue weighted by molar-refractivity contribution is -0.134. The molecular weight excluding hydrogens is 653 g/mol. The van der Waals surface area contributed by atoms with Gasteiger partial charge in [0.2, 0.25) is 18.0 Å². The number of hydrogen-bond acceptors (Lipinski definition) is 9. The summed E-state index contributed by atoms with van der Waals surface area (Å²) in [6.45, 7) is -0.608. The van der Waals surface area contributed by atoms with E-state index in [0.29, 0.717) is 22.5 Å². The molecule has 7 rings (SSSR count). The molecule has 4 heterocycles. The second-order valence-electron chi connectivity index (χ2n) is 10.7. The Morgan fingerprint density at radius 1 is 1.06 bits per heavy atom. The highest BCUT2D eigenvalue weighted by Crippen LogP contribution is 2.53. The maximum atomic E-state index is 16.0. The van der Waals surface area contributed by atoms with Gasteiger partial charge in [-0.3, -0.25) is 19.3 Å². The fourth-order valence-corrected chi connectivity index (χ4v) is 7.31. The Labute approximate surface area is 266 Å². The molecule has 1 saturated heterocycles. The molecule has 2 aromatic carbocycles. The minimum atomic E-state index is -4.75. The Balaban J connectivity index is 1.50. The number of alkyl halides is 3. The largest absolute Gasteiger partial charge is 0.510 e. The average molecular weight is 676 g/mol. The number of carbonyl (C=O) groups excluding carboxylic acids is 2. The van der Waals surface area contributed by atoms with E-state index in [1.165, 1.54) is 21.8 Å². The van der Waals surface area contributed by atoms with Gasteiger partial charge in [-0.25, -0.2) is 13.6 Å². The Hall–Kier alpha value is -4.96. The maximum absolute atomic E-state index is 16.0. The van der Waals surface area contributed by atoms with Crippen LogP contribution in [-0.2, 0) is 20.4 Å². The summed E-state index contributed by atoms with van der Waals surface area (Å²) in [4.78, 5) is 39.1. The fraction of sp³-hybridized carbons (Fsp3) is 0.258. The molecule has 3 aliphatic rings. The van der Waals surface area contributed by atoms with E-state index in [2.05, 4.69) is 4.74 Å². The van der Waals surface area contributed by atoms with Gasteiger partial charge in [0.05, 0.1) is 26.4 Å². The normalized spacial score (nSPS) is 18.3. The first-order chi connectivity index (χ1) is 22.5. The minimum absolute atomic E-state index is 0.0450. The van der Waals surface area contributed by atoms with Crippen molar-refractivity contribution in [3.63, 3.8) is 0 Å². The highest BCUT2D eigenvalue weighted by molar-refractivity contribution is 7.16. The van der Waals surface area contributed by atoms with Crippen LogP contribution in [-0.4, -0.2) is 61.5 Å². The molecule has 0 bridgehead atoms. The summed E-state index contributed by atoms with van der Waals surface area (Å²) in [6, 6.07) is 9.55. The van der Waals surface area contributed by atoms with Gasteiger partial charge in [0.25, 0.3) is 5.91 Å². The summed E-state index contributed by atoms with van der Waals surface area (Å²) in [5.74, 6) is -3.69. The number of rotatable bonds is 4. The summed E-state index contributed by atoms with van der Waals surface area (Å²) >= 11 is 0.410. The zero-order valence-corrected chi connectivity index (χ0v) is 25.0. The number of aromatic nitrogens is 1. The molecule has 4 aromatic rings.